The summed E-state index contributed by atoms with van der Waals surface area (Å²) in [7, 11) is 0. The lowest BCUT2D eigenvalue weighted by Crippen LogP contribution is -2.37. The zero-order chi connectivity index (χ0) is 47.0. The Balaban J connectivity index is 2.01. The third-order valence-electron chi connectivity index (χ3n) is 8.94. The number of amides is 4. The number of ether oxygens (including phenoxy) is 2. The minimum atomic E-state index is -0.867. The van der Waals surface area contributed by atoms with Gasteiger partial charge in [-0.2, -0.15) is 0 Å². The van der Waals surface area contributed by atoms with Crippen LogP contribution in [-0.4, -0.2) is 105 Å². The first-order valence-corrected chi connectivity index (χ1v) is 22.9. The van der Waals surface area contributed by atoms with Crippen molar-refractivity contribution in [1.82, 2.24) is 10.6 Å². The van der Waals surface area contributed by atoms with Crippen molar-refractivity contribution in [3.8, 4) is 11.5 Å². The normalized spacial score (nSPS) is 11.7. The van der Waals surface area contributed by atoms with E-state index in [1.165, 1.54) is 35.7 Å². The lowest BCUT2D eigenvalue weighted by atomic mass is 10.1. The van der Waals surface area contributed by atoms with Gasteiger partial charge in [-0.1, -0.05) is 19.1 Å². The van der Waals surface area contributed by atoms with E-state index in [1.54, 1.807) is 43.3 Å². The molecule has 0 heterocycles. The van der Waals surface area contributed by atoms with E-state index < -0.39 is 35.7 Å². The van der Waals surface area contributed by atoms with Crippen molar-refractivity contribution in [3.63, 3.8) is 0 Å². The van der Waals surface area contributed by atoms with Crippen LogP contribution in [0.15, 0.2) is 58.3 Å². The van der Waals surface area contributed by atoms with Crippen LogP contribution in [0.25, 0.3) is 0 Å². The van der Waals surface area contributed by atoms with Crippen LogP contribution >= 0.6 is 23.5 Å². The van der Waals surface area contributed by atoms with Gasteiger partial charge in [0.25, 0.3) is 11.8 Å². The summed E-state index contributed by atoms with van der Waals surface area (Å²) in [6.07, 6.45) is 2.59. The van der Waals surface area contributed by atoms with Crippen LogP contribution in [-0.2, 0) is 9.59 Å². The molecule has 20 nitrogen and oxygen atoms in total. The maximum atomic E-state index is 14.4. The summed E-state index contributed by atoms with van der Waals surface area (Å²) in [6, 6.07) is 11.2. The summed E-state index contributed by atoms with van der Waals surface area (Å²) in [5.74, 6) is -0.681. The van der Waals surface area contributed by atoms with Gasteiger partial charge in [0.2, 0.25) is 11.8 Å². The van der Waals surface area contributed by atoms with Gasteiger partial charge in [0, 0.05) is 44.5 Å². The van der Waals surface area contributed by atoms with Gasteiger partial charge in [-0.25, -0.2) is 0 Å². The SMILES string of the molecule is CCCSc1c(NC(=O)c2cc(C(=O)Nc3cccc(NC(=O)[C@H](N)CCCNC(=N)N)c3SCCN)c(OCCN)cc2OCCN)cccc1NC(=O)[C@H](N)CCCNC(C)=N. The van der Waals surface area contributed by atoms with E-state index in [4.69, 9.17) is 54.7 Å². The Morgan fingerprint density at radius 3 is 1.50 bits per heavy atom. The van der Waals surface area contributed by atoms with E-state index in [9.17, 15) is 19.2 Å². The number of benzene rings is 3. The molecule has 0 aliphatic heterocycles. The van der Waals surface area contributed by atoms with Crippen LogP contribution in [0, 0.1) is 10.8 Å². The fraction of sp³-hybridized carbons (Fsp3) is 0.429. The Morgan fingerprint density at radius 2 is 1.09 bits per heavy atom. The second-order valence-electron chi connectivity index (χ2n) is 14.2. The largest absolute Gasteiger partial charge is 0.491 e. The molecule has 2 atom stereocenters. The third-order valence-corrected chi connectivity index (χ3v) is 11.5. The van der Waals surface area contributed by atoms with Gasteiger partial charge in [-0.15, -0.1) is 23.5 Å². The molecule has 0 unspecified atom stereocenters. The van der Waals surface area contributed by atoms with E-state index in [-0.39, 0.29) is 54.9 Å². The van der Waals surface area contributed by atoms with E-state index >= 15 is 0 Å². The van der Waals surface area contributed by atoms with E-state index in [0.29, 0.717) is 95.2 Å². The summed E-state index contributed by atoms with van der Waals surface area (Å²) in [5.41, 5.74) is 36.7. The predicted molar refractivity (Wildman–Crippen MR) is 258 cm³/mol. The lowest BCUT2D eigenvalue weighted by molar-refractivity contribution is -0.118. The minimum Gasteiger partial charge on any atom is -0.491 e. The molecule has 0 aliphatic rings. The molecular formula is C42H64N14O6S2. The van der Waals surface area contributed by atoms with Crippen molar-refractivity contribution in [1.29, 1.82) is 10.8 Å². The monoisotopic (exact) mass is 924 g/mol. The number of hydrogen-bond acceptors (Lipinski definition) is 15. The Kier molecular flexibility index (Phi) is 23.3. The second kappa shape index (κ2) is 28.2. The molecule has 3 aromatic carbocycles. The molecule has 0 spiro atoms. The van der Waals surface area contributed by atoms with Crippen molar-refractivity contribution in [2.45, 2.75) is 67.8 Å². The number of carbonyl (C=O) groups is 4. The number of thioether (sulfide) groups is 2. The van der Waals surface area contributed by atoms with Crippen molar-refractivity contribution in [2.24, 2.45) is 34.4 Å². The summed E-state index contributed by atoms with van der Waals surface area (Å²) in [6.45, 7) is 5.16. The molecule has 64 heavy (non-hydrogen) atoms. The summed E-state index contributed by atoms with van der Waals surface area (Å²) >= 11 is 2.76. The van der Waals surface area contributed by atoms with Gasteiger partial charge in [-0.3, -0.25) is 30.0 Å². The molecule has 0 saturated heterocycles. The number of carbonyl (C=O) groups excluding carboxylic acids is 4. The van der Waals surface area contributed by atoms with Crippen LogP contribution in [0.5, 0.6) is 11.5 Å². The highest BCUT2D eigenvalue weighted by Gasteiger charge is 2.25. The van der Waals surface area contributed by atoms with E-state index in [2.05, 4.69) is 31.9 Å². The number of rotatable bonds is 28. The topological polar surface area (TPSA) is 363 Å². The first-order chi connectivity index (χ1) is 30.7. The van der Waals surface area contributed by atoms with Crippen molar-refractivity contribution in [2.75, 3.05) is 78.7 Å². The number of nitrogens with two attached hydrogens (primary N) is 6. The van der Waals surface area contributed by atoms with Crippen LogP contribution in [0.3, 0.4) is 0 Å². The summed E-state index contributed by atoms with van der Waals surface area (Å²) < 4.78 is 11.9. The van der Waals surface area contributed by atoms with Crippen molar-refractivity contribution >= 4 is 81.7 Å². The van der Waals surface area contributed by atoms with Gasteiger partial charge in [0.1, 0.15) is 24.7 Å². The Labute approximate surface area is 382 Å². The Hall–Kier alpha value is -5.62. The number of guanidine groups is 1. The van der Waals surface area contributed by atoms with Crippen LogP contribution in [0.2, 0.25) is 0 Å². The minimum absolute atomic E-state index is 0.0124. The quantitative estimate of drug-likeness (QED) is 0.0215. The number of hydrogen-bond donors (Lipinski definition) is 14. The first kappa shape index (κ1) is 52.7. The molecule has 0 aliphatic carbocycles. The lowest BCUT2D eigenvalue weighted by Gasteiger charge is -2.20. The highest BCUT2D eigenvalue weighted by molar-refractivity contribution is 7.99. The van der Waals surface area contributed by atoms with E-state index in [0.717, 1.165) is 6.42 Å². The second-order valence-corrected chi connectivity index (χ2v) is 16.5. The standard InChI is InChI=1S/C42H64N14O6S2/c1-3-21-63-36-30(10-4-12-32(36)55-40(59)28(47)8-6-17-51-25(2)46)53-38(57)26-23-27(35(62-20-15-44)24-34(26)61-19-14-43)39(58)54-31-11-5-13-33(37(31)64-22-16-45)56-41(60)29(48)9-7-18-52-42(49)50/h4-5,10-13,23-24,28-29H,3,6-9,14-22,43-45,47-48H2,1-2H3,(H2,46,51)(H,53,57)(H,54,58)(H,55,59)(H,56,60)(H4,49,50,52)/t28-,29-/m1/s1. The third kappa shape index (κ3) is 17.2. The molecule has 20 N–H and O–H groups in total. The Bertz CT molecular complexity index is 1920. The zero-order valence-corrected chi connectivity index (χ0v) is 38.0. The van der Waals surface area contributed by atoms with Gasteiger partial charge in [0.05, 0.1) is 61.6 Å². The molecule has 22 heteroatoms. The molecule has 4 amide bonds. The van der Waals surface area contributed by atoms with Gasteiger partial charge in [0.15, 0.2) is 5.96 Å². The molecule has 3 aromatic rings. The molecule has 0 bridgehead atoms. The molecule has 0 fully saturated rings. The number of nitrogens with one attached hydrogen (secondary N) is 8. The molecule has 0 aromatic heterocycles. The van der Waals surface area contributed by atoms with E-state index in [1.807, 2.05) is 6.92 Å². The number of anilines is 4. The average Bonchev–Trinajstić information content (AvgIpc) is 3.26. The fourth-order valence-electron chi connectivity index (χ4n) is 5.87. The van der Waals surface area contributed by atoms with Crippen LogP contribution in [0.4, 0.5) is 22.7 Å². The van der Waals surface area contributed by atoms with Gasteiger partial charge >= 0.3 is 0 Å². The molecular weight excluding hydrogens is 861 g/mol. The van der Waals surface area contributed by atoms with Crippen molar-refractivity contribution < 1.29 is 28.7 Å². The molecule has 0 radical (unpaired) electrons. The fourth-order valence-corrected chi connectivity index (χ4v) is 7.70. The maximum absolute atomic E-state index is 14.4. The molecule has 3 rings (SSSR count). The molecule has 350 valence electrons. The summed E-state index contributed by atoms with van der Waals surface area (Å²) in [5, 5.41) is 32.1. The van der Waals surface area contributed by atoms with Crippen LogP contribution < -0.4 is 75.8 Å². The number of amidine groups is 1. The zero-order valence-electron chi connectivity index (χ0n) is 36.4. The van der Waals surface area contributed by atoms with Gasteiger partial charge < -0.3 is 75.8 Å². The van der Waals surface area contributed by atoms with Crippen molar-refractivity contribution in [3.05, 3.63) is 59.7 Å². The summed E-state index contributed by atoms with van der Waals surface area (Å²) in [4.78, 5) is 56.2. The van der Waals surface area contributed by atoms with Gasteiger partial charge in [-0.05, 0) is 75.1 Å². The highest BCUT2D eigenvalue weighted by atomic mass is 32.2. The predicted octanol–water partition coefficient (Wildman–Crippen LogP) is 2.58. The smallest absolute Gasteiger partial charge is 0.259 e. The maximum Gasteiger partial charge on any atom is 0.259 e. The first-order valence-electron chi connectivity index (χ1n) is 20.9. The van der Waals surface area contributed by atoms with Crippen LogP contribution in [0.1, 0.15) is 66.7 Å². The molecule has 0 saturated carbocycles. The average molecular weight is 925 g/mol. The highest BCUT2D eigenvalue weighted by Crippen LogP contribution is 2.38. The Morgan fingerprint density at radius 1 is 0.656 bits per heavy atom.